The predicted octanol–water partition coefficient (Wildman–Crippen LogP) is 6.09. The van der Waals surface area contributed by atoms with E-state index in [4.69, 9.17) is 4.43 Å². The third-order valence-electron chi connectivity index (χ3n) is 9.26. The summed E-state index contributed by atoms with van der Waals surface area (Å²) in [5.74, 6) is 1.33. The van der Waals surface area contributed by atoms with Crippen molar-refractivity contribution in [3.63, 3.8) is 0 Å². The van der Waals surface area contributed by atoms with Crippen LogP contribution in [0.3, 0.4) is 0 Å². The first-order chi connectivity index (χ1) is 13.6. The zero-order valence-corrected chi connectivity index (χ0v) is 20.2. The smallest absolute Gasteiger partial charge is 0.187 e. The fourth-order valence-electron chi connectivity index (χ4n) is 7.44. The summed E-state index contributed by atoms with van der Waals surface area (Å²) in [5.41, 5.74) is 1.06. The summed E-state index contributed by atoms with van der Waals surface area (Å²) in [5, 5.41) is 0. The highest BCUT2D eigenvalue weighted by molar-refractivity contribution is 6.71. The lowest BCUT2D eigenvalue weighted by Crippen LogP contribution is -2.58. The van der Waals surface area contributed by atoms with E-state index in [0.717, 1.165) is 38.5 Å². The fraction of sp³-hybridized carbons (Fsp3) is 0.840. The van der Waals surface area contributed by atoms with Crippen LogP contribution in [0.1, 0.15) is 78.6 Å². The summed E-state index contributed by atoms with van der Waals surface area (Å²) in [7, 11) is -1.73. The summed E-state index contributed by atoms with van der Waals surface area (Å²) >= 11 is 0. The van der Waals surface area contributed by atoms with E-state index in [1.807, 2.05) is 6.08 Å². The first-order valence-electron chi connectivity index (χ1n) is 12.1. The highest BCUT2D eigenvalue weighted by Gasteiger charge is 2.62. The molecule has 162 valence electrons. The first kappa shape index (κ1) is 21.5. The normalized spacial score (nSPS) is 42.2. The minimum absolute atomic E-state index is 0.0265. The van der Waals surface area contributed by atoms with E-state index >= 15 is 0 Å². The maximum Gasteiger partial charge on any atom is 0.187 e. The Morgan fingerprint density at radius 1 is 1.10 bits per heavy atom. The number of hydrogen-bond donors (Lipinski definition) is 0. The predicted molar refractivity (Wildman–Crippen MR) is 119 cm³/mol. The molecule has 4 aliphatic rings. The third kappa shape index (κ3) is 3.33. The molecule has 0 radical (unpaired) electrons. The highest BCUT2D eigenvalue weighted by Crippen LogP contribution is 2.63. The molecule has 0 aromatic rings. The van der Waals surface area contributed by atoms with Crippen molar-refractivity contribution in [3.05, 3.63) is 11.6 Å². The maximum absolute atomic E-state index is 13.3. The molecule has 29 heavy (non-hydrogen) atoms. The Hall–Kier alpha value is -0.743. The molecule has 3 fully saturated rings. The topological polar surface area (TPSA) is 43.4 Å². The van der Waals surface area contributed by atoms with E-state index in [1.54, 1.807) is 0 Å². The second-order valence-corrected chi connectivity index (χ2v) is 15.6. The van der Waals surface area contributed by atoms with Gasteiger partial charge in [0.05, 0.1) is 6.10 Å². The largest absolute Gasteiger partial charge is 0.414 e. The molecule has 0 N–H and O–H groups in total. The number of carbonyl (C=O) groups is 2. The minimum Gasteiger partial charge on any atom is -0.414 e. The van der Waals surface area contributed by atoms with Crippen LogP contribution in [0.25, 0.3) is 0 Å². The Morgan fingerprint density at radius 3 is 2.59 bits per heavy atom. The molecule has 0 heterocycles. The van der Waals surface area contributed by atoms with Crippen LogP contribution in [0.5, 0.6) is 0 Å². The van der Waals surface area contributed by atoms with Crippen LogP contribution >= 0.6 is 0 Å². The lowest BCUT2D eigenvalue weighted by molar-refractivity contribution is -0.143. The van der Waals surface area contributed by atoms with Crippen LogP contribution in [-0.4, -0.2) is 26.0 Å². The number of allylic oxidation sites excluding steroid dienone is 1. The number of hydrogen-bond acceptors (Lipinski definition) is 3. The number of Topliss-reactive ketones (excluding diaryl/α,β-unsaturated/α-hetero) is 1. The van der Waals surface area contributed by atoms with E-state index in [9.17, 15) is 9.59 Å². The summed E-state index contributed by atoms with van der Waals surface area (Å²) in [6.07, 6.45) is 11.5. The van der Waals surface area contributed by atoms with Crippen LogP contribution < -0.4 is 0 Å². The van der Waals surface area contributed by atoms with Crippen LogP contribution in [0.15, 0.2) is 11.6 Å². The van der Waals surface area contributed by atoms with Crippen molar-refractivity contribution in [2.75, 3.05) is 0 Å². The number of carbonyl (C=O) groups excluding carboxylic acids is 2. The number of ketones is 2. The molecular formula is C25H40O3Si. The van der Waals surface area contributed by atoms with E-state index in [-0.39, 0.29) is 28.8 Å². The Morgan fingerprint density at radius 2 is 1.86 bits per heavy atom. The van der Waals surface area contributed by atoms with Gasteiger partial charge in [-0.05, 0) is 75.6 Å². The number of unbranched alkanes of at least 4 members (excludes halogenated alkanes) is 1. The summed E-state index contributed by atoms with van der Waals surface area (Å²) in [6, 6.07) is 1.22. The molecule has 1 unspecified atom stereocenters. The van der Waals surface area contributed by atoms with Crippen LogP contribution in [0, 0.1) is 28.6 Å². The van der Waals surface area contributed by atoms with Crippen molar-refractivity contribution in [1.29, 1.82) is 0 Å². The van der Waals surface area contributed by atoms with Gasteiger partial charge in [0.15, 0.2) is 14.1 Å². The standard InChI is InChI=1S/C25H40O3Si/c1-6-7-15-29(4,5)28-22-10-8-9-17-16-20(26)23-18-11-12-21(27)24(18,2)14-13-19(23)25(17,22)3/h16,18-19,22-23H,6-15H2,1-5H3/t18-,19-,22?,23-,24-,25-/m0/s1. The summed E-state index contributed by atoms with van der Waals surface area (Å²) in [4.78, 5) is 26.0. The molecule has 6 atom stereocenters. The van der Waals surface area contributed by atoms with E-state index in [0.29, 0.717) is 23.9 Å². The molecule has 3 nitrogen and oxygen atoms in total. The van der Waals surface area contributed by atoms with Gasteiger partial charge in [0.25, 0.3) is 0 Å². The molecule has 0 bridgehead atoms. The first-order valence-corrected chi connectivity index (χ1v) is 15.2. The second kappa shape index (κ2) is 7.44. The summed E-state index contributed by atoms with van der Waals surface area (Å²) < 4.78 is 7.02. The van der Waals surface area contributed by atoms with E-state index in [2.05, 4.69) is 33.9 Å². The summed E-state index contributed by atoms with van der Waals surface area (Å²) in [6.45, 7) is 11.6. The molecule has 4 aliphatic carbocycles. The maximum atomic E-state index is 13.3. The monoisotopic (exact) mass is 416 g/mol. The average molecular weight is 417 g/mol. The van der Waals surface area contributed by atoms with Crippen LogP contribution in [0.2, 0.25) is 19.1 Å². The van der Waals surface area contributed by atoms with Crippen molar-refractivity contribution in [3.8, 4) is 0 Å². The van der Waals surface area contributed by atoms with Gasteiger partial charge in [0, 0.05) is 23.2 Å². The average Bonchev–Trinajstić information content (AvgIpc) is 2.97. The van der Waals surface area contributed by atoms with Gasteiger partial charge in [-0.3, -0.25) is 9.59 Å². The Bertz CT molecular complexity index is 726. The van der Waals surface area contributed by atoms with Gasteiger partial charge < -0.3 is 4.43 Å². The SMILES string of the molecule is CCCC[Si](C)(C)OC1CCCC2=CC(=O)[C@H]3[C@@H]4CCC(=O)[C@@]4(C)CC[C@@H]3[C@]21C. The quantitative estimate of drug-likeness (QED) is 0.509. The van der Waals surface area contributed by atoms with Crippen molar-refractivity contribution in [2.24, 2.45) is 28.6 Å². The highest BCUT2D eigenvalue weighted by atomic mass is 28.4. The lowest BCUT2D eigenvalue weighted by atomic mass is 9.47. The lowest BCUT2D eigenvalue weighted by Gasteiger charge is -2.58. The van der Waals surface area contributed by atoms with Gasteiger partial charge in [0.1, 0.15) is 5.78 Å². The third-order valence-corrected chi connectivity index (χ3v) is 11.7. The molecule has 0 saturated heterocycles. The molecule has 4 heteroatoms. The van der Waals surface area contributed by atoms with Gasteiger partial charge in [-0.2, -0.15) is 0 Å². The second-order valence-electron chi connectivity index (χ2n) is 11.4. The van der Waals surface area contributed by atoms with Crippen LogP contribution in [0.4, 0.5) is 0 Å². The number of rotatable bonds is 5. The Labute approximate surface area is 178 Å². The van der Waals surface area contributed by atoms with Gasteiger partial charge in [-0.25, -0.2) is 0 Å². The van der Waals surface area contributed by atoms with E-state index < -0.39 is 8.32 Å². The zero-order chi connectivity index (χ0) is 21.0. The van der Waals surface area contributed by atoms with Gasteiger partial charge in [0.2, 0.25) is 0 Å². The van der Waals surface area contributed by atoms with Crippen molar-refractivity contribution < 1.29 is 14.0 Å². The van der Waals surface area contributed by atoms with Crippen molar-refractivity contribution in [2.45, 2.75) is 104 Å². The molecule has 3 saturated carbocycles. The van der Waals surface area contributed by atoms with Crippen LogP contribution in [-0.2, 0) is 14.0 Å². The van der Waals surface area contributed by atoms with Crippen molar-refractivity contribution >= 4 is 19.9 Å². The molecular weight excluding hydrogens is 376 g/mol. The number of fused-ring (bicyclic) bond motifs is 5. The molecule has 4 rings (SSSR count). The Kier molecular flexibility index (Phi) is 5.51. The van der Waals surface area contributed by atoms with Gasteiger partial charge in [-0.15, -0.1) is 0 Å². The Balaban J connectivity index is 1.68. The van der Waals surface area contributed by atoms with Gasteiger partial charge >= 0.3 is 0 Å². The molecule has 0 aromatic heterocycles. The minimum atomic E-state index is -1.73. The van der Waals surface area contributed by atoms with Gasteiger partial charge in [-0.1, -0.05) is 39.2 Å². The molecule has 0 amide bonds. The van der Waals surface area contributed by atoms with Crippen molar-refractivity contribution in [1.82, 2.24) is 0 Å². The fourth-order valence-corrected chi connectivity index (χ4v) is 9.89. The molecule has 0 aromatic carbocycles. The van der Waals surface area contributed by atoms with E-state index in [1.165, 1.54) is 24.5 Å². The molecule has 0 spiro atoms. The molecule has 0 aliphatic heterocycles. The zero-order valence-electron chi connectivity index (χ0n) is 19.2.